The van der Waals surface area contributed by atoms with Crippen molar-refractivity contribution in [1.82, 2.24) is 0 Å². The summed E-state index contributed by atoms with van der Waals surface area (Å²) < 4.78 is 11.1. The van der Waals surface area contributed by atoms with Crippen molar-refractivity contribution in [3.8, 4) is 16.9 Å². The lowest BCUT2D eigenvalue weighted by Crippen LogP contribution is -2.26. The molecule has 0 aliphatic heterocycles. The van der Waals surface area contributed by atoms with Crippen molar-refractivity contribution in [3.63, 3.8) is 0 Å². The molecule has 1 N–H and O–H groups in total. The Morgan fingerprint density at radius 1 is 0.969 bits per heavy atom. The van der Waals surface area contributed by atoms with E-state index >= 15 is 0 Å². The summed E-state index contributed by atoms with van der Waals surface area (Å²) in [4.78, 5) is 11.2. The normalized spacial score (nSPS) is 12.4. The molecule has 166 valence electrons. The Morgan fingerprint density at radius 3 is 2.12 bits per heavy atom. The van der Waals surface area contributed by atoms with Gasteiger partial charge < -0.3 is 14.6 Å². The van der Waals surface area contributed by atoms with Crippen LogP contribution in [-0.2, 0) is 16.0 Å². The number of aliphatic carboxylic acids is 1. The smallest absolute Gasteiger partial charge is 0.333 e. The number of carboxylic acids is 1. The first kappa shape index (κ1) is 23.6. The Labute approximate surface area is 194 Å². The first-order valence-corrected chi connectivity index (χ1v) is 10.9. The SMILES string of the molecule is CCOC(Cc1ccc(OC/C=C(\C)c2ccc(-c3ccc(Cl)cc3)cc2)cc1)C(=O)O. The number of carboxylic acid groups (broad SMARTS) is 1. The predicted molar refractivity (Wildman–Crippen MR) is 129 cm³/mol. The maximum atomic E-state index is 11.2. The van der Waals surface area contributed by atoms with Gasteiger partial charge >= 0.3 is 5.97 Å². The number of hydrogen-bond donors (Lipinski definition) is 1. The molecule has 0 aliphatic rings. The average molecular weight is 451 g/mol. The second-order valence-electron chi connectivity index (χ2n) is 7.41. The molecule has 0 spiro atoms. The second kappa shape index (κ2) is 11.5. The minimum Gasteiger partial charge on any atom is -0.490 e. The summed E-state index contributed by atoms with van der Waals surface area (Å²) in [5.41, 5.74) is 5.43. The van der Waals surface area contributed by atoms with E-state index in [4.69, 9.17) is 21.1 Å². The highest BCUT2D eigenvalue weighted by molar-refractivity contribution is 6.30. The van der Waals surface area contributed by atoms with Crippen LogP contribution in [0.5, 0.6) is 5.75 Å². The Kier molecular flexibility index (Phi) is 8.48. The van der Waals surface area contributed by atoms with E-state index in [2.05, 4.69) is 31.2 Å². The maximum absolute atomic E-state index is 11.2. The molecule has 32 heavy (non-hydrogen) atoms. The fourth-order valence-corrected chi connectivity index (χ4v) is 3.43. The zero-order chi connectivity index (χ0) is 22.9. The van der Waals surface area contributed by atoms with Crippen molar-refractivity contribution in [2.24, 2.45) is 0 Å². The van der Waals surface area contributed by atoms with E-state index < -0.39 is 12.1 Å². The van der Waals surface area contributed by atoms with Gasteiger partial charge in [-0.25, -0.2) is 4.79 Å². The Bertz CT molecular complexity index is 1040. The molecule has 0 fully saturated rings. The van der Waals surface area contributed by atoms with Gasteiger partial charge in [0.15, 0.2) is 6.10 Å². The molecule has 3 aromatic rings. The summed E-state index contributed by atoms with van der Waals surface area (Å²) in [7, 11) is 0. The van der Waals surface area contributed by atoms with Crippen LogP contribution in [0.1, 0.15) is 25.0 Å². The van der Waals surface area contributed by atoms with Gasteiger partial charge in [0.05, 0.1) is 0 Å². The average Bonchev–Trinajstić information content (AvgIpc) is 2.80. The van der Waals surface area contributed by atoms with Crippen molar-refractivity contribution in [3.05, 3.63) is 95.0 Å². The largest absolute Gasteiger partial charge is 0.490 e. The fourth-order valence-electron chi connectivity index (χ4n) is 3.30. The molecule has 0 aliphatic carbocycles. The molecule has 0 radical (unpaired) electrons. The molecule has 3 aromatic carbocycles. The highest BCUT2D eigenvalue weighted by Gasteiger charge is 2.17. The summed E-state index contributed by atoms with van der Waals surface area (Å²) in [6.07, 6.45) is 1.54. The van der Waals surface area contributed by atoms with Crippen LogP contribution >= 0.6 is 11.6 Å². The van der Waals surface area contributed by atoms with Gasteiger partial charge in [-0.15, -0.1) is 0 Å². The van der Waals surface area contributed by atoms with Crippen LogP contribution in [0.4, 0.5) is 0 Å². The Hall–Kier alpha value is -3.08. The zero-order valence-electron chi connectivity index (χ0n) is 18.3. The topological polar surface area (TPSA) is 55.8 Å². The van der Waals surface area contributed by atoms with E-state index in [1.807, 2.05) is 54.6 Å². The summed E-state index contributed by atoms with van der Waals surface area (Å²) >= 11 is 5.96. The summed E-state index contributed by atoms with van der Waals surface area (Å²) in [6, 6.07) is 23.7. The van der Waals surface area contributed by atoms with Crippen LogP contribution in [0.2, 0.25) is 5.02 Å². The van der Waals surface area contributed by atoms with Gasteiger partial charge in [0.2, 0.25) is 0 Å². The van der Waals surface area contributed by atoms with Gasteiger partial charge in [-0.05, 0) is 72.0 Å². The number of hydrogen-bond acceptors (Lipinski definition) is 3. The summed E-state index contributed by atoms with van der Waals surface area (Å²) in [5, 5.41) is 9.93. The molecule has 0 amide bonds. The fraction of sp³-hybridized carbons (Fsp3) is 0.222. The van der Waals surface area contributed by atoms with Gasteiger partial charge in [-0.2, -0.15) is 0 Å². The quantitative estimate of drug-likeness (QED) is 0.382. The third-order valence-corrected chi connectivity index (χ3v) is 5.40. The van der Waals surface area contributed by atoms with Crippen LogP contribution in [0.15, 0.2) is 78.9 Å². The highest BCUT2D eigenvalue weighted by Crippen LogP contribution is 2.24. The summed E-state index contributed by atoms with van der Waals surface area (Å²) in [5.74, 6) is -0.215. The lowest BCUT2D eigenvalue weighted by atomic mass is 10.0. The number of benzene rings is 3. The van der Waals surface area contributed by atoms with Crippen LogP contribution in [0.3, 0.4) is 0 Å². The van der Waals surface area contributed by atoms with Crippen LogP contribution in [-0.4, -0.2) is 30.4 Å². The summed E-state index contributed by atoms with van der Waals surface area (Å²) in [6.45, 7) is 4.66. The minimum atomic E-state index is -0.950. The van der Waals surface area contributed by atoms with Crippen LogP contribution < -0.4 is 4.74 Å². The van der Waals surface area contributed by atoms with Crippen molar-refractivity contribution < 1.29 is 19.4 Å². The van der Waals surface area contributed by atoms with E-state index in [9.17, 15) is 9.90 Å². The lowest BCUT2D eigenvalue weighted by Gasteiger charge is -2.12. The van der Waals surface area contributed by atoms with Gasteiger partial charge in [0, 0.05) is 18.1 Å². The van der Waals surface area contributed by atoms with Gasteiger partial charge in [0.25, 0.3) is 0 Å². The lowest BCUT2D eigenvalue weighted by molar-refractivity contribution is -0.149. The number of rotatable bonds is 10. The second-order valence-corrected chi connectivity index (χ2v) is 7.85. The maximum Gasteiger partial charge on any atom is 0.333 e. The van der Waals surface area contributed by atoms with E-state index in [1.54, 1.807) is 6.92 Å². The monoisotopic (exact) mass is 450 g/mol. The third kappa shape index (κ3) is 6.71. The number of carbonyl (C=O) groups is 1. The number of allylic oxidation sites excluding steroid dienone is 1. The third-order valence-electron chi connectivity index (χ3n) is 5.15. The van der Waals surface area contributed by atoms with E-state index in [0.29, 0.717) is 19.6 Å². The van der Waals surface area contributed by atoms with E-state index in [0.717, 1.165) is 38.6 Å². The van der Waals surface area contributed by atoms with E-state index in [-0.39, 0.29) is 0 Å². The van der Waals surface area contributed by atoms with Crippen LogP contribution in [0.25, 0.3) is 16.7 Å². The zero-order valence-corrected chi connectivity index (χ0v) is 19.0. The molecular formula is C27H27ClO4. The molecule has 4 nitrogen and oxygen atoms in total. The standard InChI is InChI=1S/C27H27ClO4/c1-3-31-26(27(29)30)18-20-4-14-25(15-5-20)32-17-16-19(2)21-6-8-22(9-7-21)23-10-12-24(28)13-11-23/h4-16,26H,3,17-18H2,1-2H3,(H,29,30)/b19-16+. The Morgan fingerprint density at radius 2 is 1.56 bits per heavy atom. The van der Waals surface area contributed by atoms with Crippen molar-refractivity contribution in [1.29, 1.82) is 0 Å². The molecule has 5 heteroatoms. The molecule has 0 saturated heterocycles. The van der Waals surface area contributed by atoms with E-state index in [1.165, 1.54) is 0 Å². The van der Waals surface area contributed by atoms with Crippen molar-refractivity contribution >= 4 is 23.1 Å². The van der Waals surface area contributed by atoms with Crippen molar-refractivity contribution in [2.45, 2.75) is 26.4 Å². The number of ether oxygens (including phenoxy) is 2. The highest BCUT2D eigenvalue weighted by atomic mass is 35.5. The Balaban J connectivity index is 1.55. The first-order chi connectivity index (χ1) is 15.5. The van der Waals surface area contributed by atoms with Crippen molar-refractivity contribution in [2.75, 3.05) is 13.2 Å². The number of halogens is 1. The van der Waals surface area contributed by atoms with Gasteiger partial charge in [0.1, 0.15) is 12.4 Å². The minimum absolute atomic E-state index is 0.328. The van der Waals surface area contributed by atoms with Crippen LogP contribution in [0, 0.1) is 0 Å². The van der Waals surface area contributed by atoms with Gasteiger partial charge in [-0.3, -0.25) is 0 Å². The molecule has 1 unspecified atom stereocenters. The molecule has 3 rings (SSSR count). The molecule has 0 heterocycles. The molecule has 0 aromatic heterocycles. The molecule has 1 atom stereocenters. The molecular weight excluding hydrogens is 424 g/mol. The predicted octanol–water partition coefficient (Wildman–Crippen LogP) is 6.52. The first-order valence-electron chi connectivity index (χ1n) is 10.6. The van der Waals surface area contributed by atoms with Gasteiger partial charge in [-0.1, -0.05) is 60.1 Å². The molecule has 0 bridgehead atoms. The molecule has 0 saturated carbocycles.